The molecule has 0 saturated carbocycles. The molecule has 0 aliphatic rings. The lowest BCUT2D eigenvalue weighted by atomic mass is 10.1. The zero-order valence-corrected chi connectivity index (χ0v) is 60.0. The van der Waals surface area contributed by atoms with E-state index in [-0.39, 0.29) is 25.7 Å². The van der Waals surface area contributed by atoms with Gasteiger partial charge in [0, 0.05) is 25.7 Å². The van der Waals surface area contributed by atoms with E-state index < -0.39 is 97.5 Å². The minimum Gasteiger partial charge on any atom is -0.462 e. The molecule has 19 heteroatoms. The lowest BCUT2D eigenvalue weighted by Gasteiger charge is -2.21. The Morgan fingerprint density at radius 3 is 0.913 bits per heavy atom. The topological polar surface area (TPSA) is 237 Å². The average molecular weight is 1340 g/mol. The highest BCUT2D eigenvalue weighted by atomic mass is 31.2. The molecular formula is C73H132O17P2. The summed E-state index contributed by atoms with van der Waals surface area (Å²) in [4.78, 5) is 72.6. The van der Waals surface area contributed by atoms with Gasteiger partial charge in [-0.05, 0) is 83.5 Å². The van der Waals surface area contributed by atoms with Crippen molar-refractivity contribution in [1.29, 1.82) is 0 Å². The van der Waals surface area contributed by atoms with Crippen LogP contribution >= 0.6 is 15.6 Å². The molecule has 0 fully saturated rings. The van der Waals surface area contributed by atoms with Gasteiger partial charge in [0.25, 0.3) is 0 Å². The van der Waals surface area contributed by atoms with Gasteiger partial charge in [-0.3, -0.25) is 37.3 Å². The molecule has 17 nitrogen and oxygen atoms in total. The van der Waals surface area contributed by atoms with Crippen LogP contribution in [0.5, 0.6) is 0 Å². The van der Waals surface area contributed by atoms with Gasteiger partial charge in [0.05, 0.1) is 26.4 Å². The Balaban J connectivity index is 5.29. The van der Waals surface area contributed by atoms with Crippen molar-refractivity contribution in [2.24, 2.45) is 0 Å². The first-order chi connectivity index (χ1) is 44.7. The molecule has 0 aliphatic carbocycles. The minimum atomic E-state index is -4.97. The number of phosphoric ester groups is 2. The van der Waals surface area contributed by atoms with Gasteiger partial charge in [0.1, 0.15) is 19.3 Å². The summed E-state index contributed by atoms with van der Waals surface area (Å²) in [6.07, 6.45) is 62.3. The van der Waals surface area contributed by atoms with Crippen molar-refractivity contribution in [1.82, 2.24) is 0 Å². The van der Waals surface area contributed by atoms with E-state index in [9.17, 15) is 43.2 Å². The minimum absolute atomic E-state index is 0.0797. The van der Waals surface area contributed by atoms with Crippen molar-refractivity contribution in [3.05, 3.63) is 60.8 Å². The lowest BCUT2D eigenvalue weighted by molar-refractivity contribution is -0.161. The lowest BCUT2D eigenvalue weighted by Crippen LogP contribution is -2.30. The molecule has 0 aromatic rings. The molecule has 3 N–H and O–H groups in total. The van der Waals surface area contributed by atoms with Crippen LogP contribution in [-0.2, 0) is 65.4 Å². The van der Waals surface area contributed by atoms with Crippen molar-refractivity contribution in [2.45, 2.75) is 341 Å². The molecule has 0 aliphatic heterocycles. The second kappa shape index (κ2) is 66.4. The Labute approximate surface area is 559 Å². The van der Waals surface area contributed by atoms with Crippen molar-refractivity contribution in [3.8, 4) is 0 Å². The van der Waals surface area contributed by atoms with Gasteiger partial charge in [0.2, 0.25) is 0 Å². The Morgan fingerprint density at radius 1 is 0.315 bits per heavy atom. The van der Waals surface area contributed by atoms with Gasteiger partial charge in [-0.15, -0.1) is 0 Å². The number of aliphatic hydroxyl groups excluding tert-OH is 1. The molecule has 536 valence electrons. The molecule has 92 heavy (non-hydrogen) atoms. The highest BCUT2D eigenvalue weighted by Gasteiger charge is 2.30. The van der Waals surface area contributed by atoms with Gasteiger partial charge >= 0.3 is 39.5 Å². The summed E-state index contributed by atoms with van der Waals surface area (Å²) in [5, 5.41) is 10.6. The summed E-state index contributed by atoms with van der Waals surface area (Å²) < 4.78 is 68.3. The summed E-state index contributed by atoms with van der Waals surface area (Å²) in [5.74, 6) is -2.17. The number of allylic oxidation sites excluding steroid dienone is 10. The Hall–Kier alpha value is -3.24. The predicted octanol–water partition coefficient (Wildman–Crippen LogP) is 20.3. The molecule has 0 saturated heterocycles. The number of unbranched alkanes of at least 4 members (excludes halogenated alkanes) is 33. The number of aliphatic hydroxyl groups is 1. The zero-order chi connectivity index (χ0) is 67.5. The highest BCUT2D eigenvalue weighted by molar-refractivity contribution is 7.47. The molecular weight excluding hydrogens is 1210 g/mol. The summed E-state index contributed by atoms with van der Waals surface area (Å²) in [7, 11) is -9.92. The van der Waals surface area contributed by atoms with Crippen LogP contribution in [0.1, 0.15) is 323 Å². The van der Waals surface area contributed by atoms with E-state index >= 15 is 0 Å². The summed E-state index contributed by atoms with van der Waals surface area (Å²) >= 11 is 0. The van der Waals surface area contributed by atoms with Crippen LogP contribution in [0.25, 0.3) is 0 Å². The molecule has 5 unspecified atom stereocenters. The highest BCUT2D eigenvalue weighted by Crippen LogP contribution is 2.45. The number of esters is 4. The third kappa shape index (κ3) is 65.4. The first kappa shape index (κ1) is 88.8. The van der Waals surface area contributed by atoms with Crippen molar-refractivity contribution in [2.75, 3.05) is 39.6 Å². The van der Waals surface area contributed by atoms with E-state index in [2.05, 4.69) is 88.5 Å². The molecule has 0 spiro atoms. The number of carbonyl (C=O) groups excluding carboxylic acids is 4. The molecule has 0 aromatic carbocycles. The van der Waals surface area contributed by atoms with E-state index in [4.69, 9.17) is 37.0 Å². The van der Waals surface area contributed by atoms with Crippen LogP contribution in [-0.4, -0.2) is 96.7 Å². The van der Waals surface area contributed by atoms with Crippen LogP contribution in [0.2, 0.25) is 0 Å². The maximum atomic E-state index is 13.0. The standard InChI is InChI=1S/C73H132O17P2/c1-5-9-13-17-21-25-29-31-32-33-34-36-39-42-46-50-54-58-71(76)84-64-69(90-73(78)60-56-52-48-44-40-35-30-26-22-18-14-10-6-2)66-88-92(81,82)86-62-67(74)61-85-91(79,80)87-65-68(89-72(77)59-55-51-47-43-38-28-24-20-16-12-8-4)63-83-70(75)57-53-49-45-41-37-27-23-19-15-11-7-3/h9,13-14,18,21,25-26,30-32,67-69,74H,5-8,10-12,15-17,19-20,22-24,27-29,33-66H2,1-4H3,(H,79,80)(H,81,82)/b13-9-,18-14-,25-21-,30-26-,32-31-. The Morgan fingerprint density at radius 2 is 0.587 bits per heavy atom. The van der Waals surface area contributed by atoms with E-state index in [0.717, 1.165) is 161 Å². The molecule has 0 radical (unpaired) electrons. The van der Waals surface area contributed by atoms with Gasteiger partial charge in [0.15, 0.2) is 12.2 Å². The molecule has 0 rings (SSSR count). The Kier molecular flexibility index (Phi) is 64.0. The van der Waals surface area contributed by atoms with Gasteiger partial charge in [-0.1, -0.05) is 275 Å². The van der Waals surface area contributed by atoms with Gasteiger partial charge < -0.3 is 33.8 Å². The van der Waals surface area contributed by atoms with Crippen molar-refractivity contribution >= 4 is 39.5 Å². The molecule has 0 amide bonds. The zero-order valence-electron chi connectivity index (χ0n) is 58.2. The van der Waals surface area contributed by atoms with E-state index in [1.54, 1.807) is 0 Å². The largest absolute Gasteiger partial charge is 0.472 e. The van der Waals surface area contributed by atoms with E-state index in [0.29, 0.717) is 25.7 Å². The van der Waals surface area contributed by atoms with Crippen LogP contribution in [0.4, 0.5) is 0 Å². The summed E-state index contributed by atoms with van der Waals surface area (Å²) in [5.41, 5.74) is 0. The molecule has 0 aromatic heterocycles. The van der Waals surface area contributed by atoms with Gasteiger partial charge in [-0.25, -0.2) is 9.13 Å². The molecule has 0 bridgehead atoms. The van der Waals surface area contributed by atoms with Crippen molar-refractivity contribution < 1.29 is 80.2 Å². The monoisotopic (exact) mass is 1340 g/mol. The van der Waals surface area contributed by atoms with Crippen LogP contribution in [0.15, 0.2) is 60.8 Å². The second-order valence-electron chi connectivity index (χ2n) is 24.5. The number of hydrogen-bond donors (Lipinski definition) is 3. The smallest absolute Gasteiger partial charge is 0.462 e. The number of carbonyl (C=O) groups is 4. The molecule has 5 atom stereocenters. The summed E-state index contributed by atoms with van der Waals surface area (Å²) in [6, 6.07) is 0. The normalized spacial score (nSPS) is 14.4. The number of phosphoric acid groups is 2. The quantitative estimate of drug-likeness (QED) is 0.0169. The van der Waals surface area contributed by atoms with E-state index in [1.807, 2.05) is 0 Å². The predicted molar refractivity (Wildman–Crippen MR) is 372 cm³/mol. The second-order valence-corrected chi connectivity index (χ2v) is 27.4. The van der Waals surface area contributed by atoms with Crippen LogP contribution < -0.4 is 0 Å². The fraction of sp³-hybridized carbons (Fsp3) is 0.808. The molecule has 0 heterocycles. The summed E-state index contributed by atoms with van der Waals surface area (Å²) in [6.45, 7) is 4.69. The first-order valence-corrected chi connectivity index (χ1v) is 39.5. The number of ether oxygens (including phenoxy) is 4. The third-order valence-corrected chi connectivity index (χ3v) is 17.4. The average Bonchev–Trinajstić information content (AvgIpc) is 2.89. The van der Waals surface area contributed by atoms with Crippen LogP contribution in [0, 0.1) is 0 Å². The van der Waals surface area contributed by atoms with E-state index in [1.165, 1.54) is 83.5 Å². The fourth-order valence-corrected chi connectivity index (χ4v) is 11.5. The van der Waals surface area contributed by atoms with Crippen molar-refractivity contribution in [3.63, 3.8) is 0 Å². The number of hydrogen-bond acceptors (Lipinski definition) is 15. The fourth-order valence-electron chi connectivity index (χ4n) is 9.92. The van der Waals surface area contributed by atoms with Crippen LogP contribution in [0.3, 0.4) is 0 Å². The number of rotatable bonds is 69. The SMILES string of the molecule is CC/C=C\C/C=C\C/C=C\CCCCCCCCCC(=O)OCC(COP(=O)(O)OCC(O)COP(=O)(O)OCC(COC(=O)CCCCCCCCCCCCC)OC(=O)CCCCCCCCCCCCC)OC(=O)CCCCCCC/C=C\C/C=C\CCC. The maximum absolute atomic E-state index is 13.0. The van der Waals surface area contributed by atoms with Gasteiger partial charge in [-0.2, -0.15) is 0 Å². The first-order valence-electron chi connectivity index (χ1n) is 36.5. The Bertz CT molecular complexity index is 1990. The maximum Gasteiger partial charge on any atom is 0.472 e. The third-order valence-electron chi connectivity index (χ3n) is 15.5.